The number of amides is 2. The van der Waals surface area contributed by atoms with Crippen LogP contribution >= 0.6 is 0 Å². The van der Waals surface area contributed by atoms with E-state index in [4.69, 9.17) is 4.52 Å². The summed E-state index contributed by atoms with van der Waals surface area (Å²) in [4.78, 5) is 30.5. The lowest BCUT2D eigenvalue weighted by Crippen LogP contribution is -2.49. The van der Waals surface area contributed by atoms with E-state index in [2.05, 4.69) is 32.8 Å². The van der Waals surface area contributed by atoms with Gasteiger partial charge in [0, 0.05) is 18.8 Å². The Kier molecular flexibility index (Phi) is 6.57. The predicted octanol–water partition coefficient (Wildman–Crippen LogP) is 3.65. The fraction of sp³-hybridized carbons (Fsp3) is 0.458. The van der Waals surface area contributed by atoms with Crippen LogP contribution in [0.25, 0.3) is 11.3 Å². The van der Waals surface area contributed by atoms with Crippen molar-refractivity contribution in [1.29, 1.82) is 0 Å². The highest BCUT2D eigenvalue weighted by Gasteiger charge is 2.33. The molecule has 9 heteroatoms. The maximum Gasteiger partial charge on any atom is 0.257 e. The van der Waals surface area contributed by atoms with Crippen LogP contribution in [0.5, 0.6) is 0 Å². The normalized spacial score (nSPS) is 19.2. The topological polar surface area (TPSA) is 115 Å². The van der Waals surface area contributed by atoms with E-state index in [0.717, 1.165) is 42.5 Å². The summed E-state index contributed by atoms with van der Waals surface area (Å²) in [7, 11) is 1.88. The van der Waals surface area contributed by atoms with Gasteiger partial charge in [-0.3, -0.25) is 14.3 Å². The number of carbonyl (C=O) groups is 2. The summed E-state index contributed by atoms with van der Waals surface area (Å²) in [6.07, 6.45) is 8.67. The molecule has 33 heavy (non-hydrogen) atoms. The fourth-order valence-electron chi connectivity index (χ4n) is 4.52. The zero-order valence-corrected chi connectivity index (χ0v) is 19.5. The van der Waals surface area contributed by atoms with Crippen molar-refractivity contribution < 1.29 is 14.1 Å². The molecule has 174 valence electrons. The molecule has 0 bridgehead atoms. The second kappa shape index (κ2) is 9.56. The molecule has 4 rings (SSSR count). The number of hydrogen-bond donors (Lipinski definition) is 2. The summed E-state index contributed by atoms with van der Waals surface area (Å²) in [5.41, 5.74) is 3.78. The molecule has 1 fully saturated rings. The van der Waals surface area contributed by atoms with Crippen molar-refractivity contribution in [2.45, 2.75) is 52.5 Å². The average Bonchev–Trinajstić information content (AvgIpc) is 3.38. The van der Waals surface area contributed by atoms with Gasteiger partial charge in [0.25, 0.3) is 5.91 Å². The van der Waals surface area contributed by atoms with Gasteiger partial charge >= 0.3 is 0 Å². The maximum absolute atomic E-state index is 13.3. The first-order valence-corrected chi connectivity index (χ1v) is 11.3. The second-order valence-electron chi connectivity index (χ2n) is 9.01. The SMILES string of the molecule is Cc1cnn(C)c1-c1ccc(NC(=O)[C@@H](NC(=O)c2conc2C)[C@H]2CC[C@H](C)CC2)nc1. The Hall–Kier alpha value is -3.49. The predicted molar refractivity (Wildman–Crippen MR) is 123 cm³/mol. The van der Waals surface area contributed by atoms with E-state index < -0.39 is 6.04 Å². The van der Waals surface area contributed by atoms with Gasteiger partial charge in [0.2, 0.25) is 5.91 Å². The van der Waals surface area contributed by atoms with E-state index in [1.54, 1.807) is 30.1 Å². The quantitative estimate of drug-likeness (QED) is 0.592. The Morgan fingerprint density at radius 2 is 1.91 bits per heavy atom. The lowest BCUT2D eigenvalue weighted by atomic mass is 9.79. The molecule has 1 aliphatic rings. The first-order chi connectivity index (χ1) is 15.8. The van der Waals surface area contributed by atoms with Gasteiger partial charge in [0.05, 0.1) is 17.6 Å². The van der Waals surface area contributed by atoms with Crippen LogP contribution in [0, 0.1) is 25.7 Å². The first-order valence-electron chi connectivity index (χ1n) is 11.3. The van der Waals surface area contributed by atoms with Crippen LogP contribution in [0.4, 0.5) is 5.82 Å². The van der Waals surface area contributed by atoms with Crippen molar-refractivity contribution in [3.8, 4) is 11.3 Å². The molecule has 3 aromatic heterocycles. The third-order valence-electron chi connectivity index (χ3n) is 6.51. The van der Waals surface area contributed by atoms with Crippen LogP contribution in [0.15, 0.2) is 35.3 Å². The van der Waals surface area contributed by atoms with Gasteiger partial charge in [-0.15, -0.1) is 0 Å². The number of aryl methyl sites for hydroxylation is 3. The molecule has 3 aromatic rings. The number of aromatic nitrogens is 4. The highest BCUT2D eigenvalue weighted by Crippen LogP contribution is 2.31. The standard InChI is InChI=1S/C24H30N6O3/c1-14-5-7-17(8-6-14)21(28-23(31)19-13-33-29-16(19)3)24(32)27-20-10-9-18(12-25-20)22-15(2)11-26-30(22)4/h9-14,17,21H,5-8H2,1-4H3,(H,28,31)(H,25,27,32)/t14-,17-,21-/m0/s1. The smallest absolute Gasteiger partial charge is 0.257 e. The number of carbonyl (C=O) groups excluding carboxylic acids is 2. The molecule has 2 amide bonds. The molecule has 0 radical (unpaired) electrons. The van der Waals surface area contributed by atoms with Crippen LogP contribution in [0.1, 0.15) is 54.2 Å². The van der Waals surface area contributed by atoms with Gasteiger partial charge < -0.3 is 15.2 Å². The lowest BCUT2D eigenvalue weighted by molar-refractivity contribution is -0.119. The minimum absolute atomic E-state index is 0.0571. The molecule has 0 saturated heterocycles. The molecule has 0 aliphatic heterocycles. The molecule has 1 aliphatic carbocycles. The van der Waals surface area contributed by atoms with E-state index in [1.165, 1.54) is 6.26 Å². The zero-order valence-electron chi connectivity index (χ0n) is 19.5. The summed E-state index contributed by atoms with van der Waals surface area (Å²) < 4.78 is 6.69. The number of rotatable bonds is 6. The molecule has 0 unspecified atom stereocenters. The van der Waals surface area contributed by atoms with E-state index in [-0.39, 0.29) is 17.7 Å². The Morgan fingerprint density at radius 3 is 2.48 bits per heavy atom. The van der Waals surface area contributed by atoms with Gasteiger partial charge in [0.1, 0.15) is 23.7 Å². The van der Waals surface area contributed by atoms with Crippen molar-refractivity contribution in [1.82, 2.24) is 25.2 Å². The third-order valence-corrected chi connectivity index (χ3v) is 6.51. The molecule has 0 aromatic carbocycles. The average molecular weight is 451 g/mol. The minimum atomic E-state index is -0.667. The van der Waals surface area contributed by atoms with Crippen LogP contribution < -0.4 is 10.6 Å². The Morgan fingerprint density at radius 1 is 1.15 bits per heavy atom. The zero-order chi connectivity index (χ0) is 23.5. The van der Waals surface area contributed by atoms with Crippen molar-refractivity contribution in [3.63, 3.8) is 0 Å². The molecule has 0 spiro atoms. The van der Waals surface area contributed by atoms with Gasteiger partial charge in [0.15, 0.2) is 0 Å². The number of anilines is 1. The van der Waals surface area contributed by atoms with E-state index in [0.29, 0.717) is 23.0 Å². The number of nitrogens with zero attached hydrogens (tertiary/aromatic N) is 4. The molecule has 2 N–H and O–H groups in total. The maximum atomic E-state index is 13.3. The Labute approximate surface area is 192 Å². The van der Waals surface area contributed by atoms with Crippen LogP contribution in [0.3, 0.4) is 0 Å². The molecule has 1 saturated carbocycles. The van der Waals surface area contributed by atoms with Crippen LogP contribution in [0.2, 0.25) is 0 Å². The molecular formula is C24H30N6O3. The van der Waals surface area contributed by atoms with Gasteiger partial charge in [-0.25, -0.2) is 4.98 Å². The lowest BCUT2D eigenvalue weighted by Gasteiger charge is -2.32. The highest BCUT2D eigenvalue weighted by atomic mass is 16.5. The molecule has 3 heterocycles. The van der Waals surface area contributed by atoms with Crippen LogP contribution in [-0.2, 0) is 11.8 Å². The number of nitrogens with one attached hydrogen (secondary N) is 2. The van der Waals surface area contributed by atoms with Crippen molar-refractivity contribution >= 4 is 17.6 Å². The van der Waals surface area contributed by atoms with Crippen LogP contribution in [-0.4, -0.2) is 37.8 Å². The molecule has 1 atom stereocenters. The summed E-state index contributed by atoms with van der Waals surface area (Å²) in [5, 5.41) is 13.8. The Bertz CT molecular complexity index is 1110. The van der Waals surface area contributed by atoms with Crippen molar-refractivity contribution in [2.75, 3.05) is 5.32 Å². The summed E-state index contributed by atoms with van der Waals surface area (Å²) >= 11 is 0. The summed E-state index contributed by atoms with van der Waals surface area (Å²) in [6, 6.07) is 3.01. The van der Waals surface area contributed by atoms with Gasteiger partial charge in [-0.2, -0.15) is 5.10 Å². The van der Waals surface area contributed by atoms with Gasteiger partial charge in [-0.1, -0.05) is 24.9 Å². The minimum Gasteiger partial charge on any atom is -0.364 e. The fourth-order valence-corrected chi connectivity index (χ4v) is 4.52. The van der Waals surface area contributed by atoms with Crippen molar-refractivity contribution in [2.24, 2.45) is 18.9 Å². The highest BCUT2D eigenvalue weighted by molar-refractivity contribution is 6.01. The summed E-state index contributed by atoms with van der Waals surface area (Å²) in [5.74, 6) is 0.497. The van der Waals surface area contributed by atoms with E-state index >= 15 is 0 Å². The third kappa shape index (κ3) is 4.97. The first kappa shape index (κ1) is 22.7. The summed E-state index contributed by atoms with van der Waals surface area (Å²) in [6.45, 7) is 5.92. The number of pyridine rings is 1. The number of hydrogen-bond acceptors (Lipinski definition) is 6. The largest absolute Gasteiger partial charge is 0.364 e. The van der Waals surface area contributed by atoms with E-state index in [1.807, 2.05) is 20.0 Å². The second-order valence-corrected chi connectivity index (χ2v) is 9.01. The van der Waals surface area contributed by atoms with Crippen molar-refractivity contribution in [3.05, 3.63) is 47.6 Å². The van der Waals surface area contributed by atoms with E-state index in [9.17, 15) is 9.59 Å². The van der Waals surface area contributed by atoms with Gasteiger partial charge in [-0.05, 0) is 56.2 Å². The Balaban J connectivity index is 1.51. The molecule has 9 nitrogen and oxygen atoms in total. The monoisotopic (exact) mass is 450 g/mol. The molecular weight excluding hydrogens is 420 g/mol.